The molecule has 0 N–H and O–H groups in total. The molecule has 11 nitrogen and oxygen atoms in total. The van der Waals surface area contributed by atoms with E-state index >= 15 is 0 Å². The van der Waals surface area contributed by atoms with Crippen LogP contribution in [-0.4, -0.2) is 81.1 Å². The molecule has 1 spiro atoms. The van der Waals surface area contributed by atoms with E-state index < -0.39 is 58.0 Å². The fourth-order valence-electron chi connectivity index (χ4n) is 4.60. The number of hydrogen-bond donors (Lipinski definition) is 0. The minimum atomic E-state index is -2.56. The molecule has 13 heteroatoms. The lowest BCUT2D eigenvalue weighted by Gasteiger charge is -2.43. The molecule has 1 aromatic heterocycles. The molecule has 0 aliphatic carbocycles. The molecule has 2 aliphatic rings. The van der Waals surface area contributed by atoms with Crippen molar-refractivity contribution in [3.05, 3.63) is 32.6 Å². The lowest BCUT2D eigenvalue weighted by molar-refractivity contribution is -0.0566. The van der Waals surface area contributed by atoms with Gasteiger partial charge in [-0.05, 0) is 43.2 Å². The third-order valence-electron chi connectivity index (χ3n) is 9.26. The number of rotatable bonds is 6. The van der Waals surface area contributed by atoms with Crippen LogP contribution in [0, 0.1) is 6.92 Å². The van der Waals surface area contributed by atoms with E-state index in [2.05, 4.69) is 72.7 Å². The molecule has 1 aromatic rings. The van der Waals surface area contributed by atoms with E-state index in [0.29, 0.717) is 11.4 Å². The Morgan fingerprint density at radius 2 is 1.55 bits per heavy atom. The van der Waals surface area contributed by atoms with Gasteiger partial charge in [-0.3, -0.25) is 23.8 Å². The summed E-state index contributed by atoms with van der Waals surface area (Å²) in [6.07, 6.45) is -1.89. The first-order valence-corrected chi connectivity index (χ1v) is 19.5. The minimum absolute atomic E-state index is 0.0776. The highest BCUT2D eigenvalue weighted by atomic mass is 28.4. The van der Waals surface area contributed by atoms with Gasteiger partial charge in [-0.25, -0.2) is 9.59 Å². The van der Waals surface area contributed by atoms with Crippen molar-refractivity contribution in [1.29, 1.82) is 0 Å². The van der Waals surface area contributed by atoms with Crippen LogP contribution in [0.25, 0.3) is 0 Å². The number of ether oxygens (including phenoxy) is 2. The van der Waals surface area contributed by atoms with Crippen molar-refractivity contribution in [1.82, 2.24) is 14.0 Å². The number of amides is 1. The van der Waals surface area contributed by atoms with Gasteiger partial charge in [0.25, 0.3) is 5.56 Å². The van der Waals surface area contributed by atoms with Crippen LogP contribution < -0.4 is 11.2 Å². The van der Waals surface area contributed by atoms with Gasteiger partial charge >= 0.3 is 11.8 Å². The summed E-state index contributed by atoms with van der Waals surface area (Å²) >= 11 is 0. The number of carbonyl (C=O) groups is 1. The van der Waals surface area contributed by atoms with Crippen LogP contribution in [0.4, 0.5) is 4.79 Å². The zero-order valence-electron chi connectivity index (χ0n) is 26.7. The molecule has 2 aliphatic heterocycles. The smallest absolute Gasteiger partial charge is 0.416 e. The van der Waals surface area contributed by atoms with E-state index in [1.165, 1.54) is 22.7 Å². The Balaban J connectivity index is 2.31. The molecule has 0 aromatic carbocycles. The Hall–Kier alpha value is -2.07. The number of amidine groups is 1. The molecule has 1 amide bonds. The molecule has 40 heavy (non-hydrogen) atoms. The molecule has 226 valence electrons. The zero-order chi connectivity index (χ0) is 30.8. The Morgan fingerprint density at radius 3 is 2.05 bits per heavy atom. The highest BCUT2D eigenvalue weighted by molar-refractivity contribution is 6.74. The average Bonchev–Trinajstić information content (AvgIpc) is 3.24. The number of hydrogen-bond acceptors (Lipinski definition) is 8. The summed E-state index contributed by atoms with van der Waals surface area (Å²) < 4.78 is 29.0. The maximum Gasteiger partial charge on any atom is 0.416 e. The van der Waals surface area contributed by atoms with Crippen molar-refractivity contribution in [3.63, 3.8) is 0 Å². The van der Waals surface area contributed by atoms with Gasteiger partial charge in [-0.1, -0.05) is 41.5 Å². The van der Waals surface area contributed by atoms with Crippen LogP contribution in [-0.2, 0) is 25.4 Å². The Kier molecular flexibility index (Phi) is 8.38. The Bertz CT molecular complexity index is 1310. The molecular formula is C27H48N4O7Si2. The first-order valence-electron chi connectivity index (χ1n) is 13.7. The molecular weight excluding hydrogens is 548 g/mol. The van der Waals surface area contributed by atoms with Crippen molar-refractivity contribution in [2.45, 2.75) is 109 Å². The van der Waals surface area contributed by atoms with E-state index in [9.17, 15) is 14.4 Å². The molecule has 0 bridgehead atoms. The van der Waals surface area contributed by atoms with Crippen molar-refractivity contribution in [2.24, 2.45) is 12.0 Å². The lowest BCUT2D eigenvalue weighted by Crippen LogP contribution is -2.61. The fraction of sp³-hybridized carbons (Fsp3) is 0.778. The Morgan fingerprint density at radius 1 is 1.00 bits per heavy atom. The number of likely N-dealkylation sites (N-methyl/N-ethyl adjacent to an activating group) is 1. The van der Waals surface area contributed by atoms with Gasteiger partial charge in [0.15, 0.2) is 28.7 Å². The largest absolute Gasteiger partial charge is 0.428 e. The van der Waals surface area contributed by atoms with Crippen molar-refractivity contribution in [2.75, 3.05) is 20.7 Å². The number of nitrogens with zero attached hydrogens (tertiary/aromatic N) is 4. The highest BCUT2D eigenvalue weighted by Crippen LogP contribution is 2.50. The molecule has 0 radical (unpaired) electrons. The van der Waals surface area contributed by atoms with Crippen LogP contribution in [0.1, 0.15) is 53.3 Å². The van der Waals surface area contributed by atoms with Crippen molar-refractivity contribution < 1.29 is 23.1 Å². The summed E-state index contributed by atoms with van der Waals surface area (Å²) in [5.41, 5.74) is -2.06. The van der Waals surface area contributed by atoms with Crippen LogP contribution >= 0.6 is 0 Å². The zero-order valence-corrected chi connectivity index (χ0v) is 28.7. The van der Waals surface area contributed by atoms with Crippen LogP contribution in [0.2, 0.25) is 36.3 Å². The minimum Gasteiger partial charge on any atom is -0.428 e. The third kappa shape index (κ3) is 5.19. The molecule has 2 saturated heterocycles. The van der Waals surface area contributed by atoms with Crippen molar-refractivity contribution >= 4 is 28.6 Å². The van der Waals surface area contributed by atoms with Gasteiger partial charge in [0, 0.05) is 32.9 Å². The van der Waals surface area contributed by atoms with Crippen LogP contribution in [0.3, 0.4) is 0 Å². The molecule has 0 saturated carbocycles. The topological polar surface area (TPSA) is 114 Å². The van der Waals surface area contributed by atoms with Gasteiger partial charge in [0.05, 0.1) is 6.61 Å². The molecule has 1 unspecified atom stereocenters. The van der Waals surface area contributed by atoms with Gasteiger partial charge in [-0.2, -0.15) is 0 Å². The number of aromatic nitrogens is 2. The standard InChI is InChI=1S/C27H48N4O7Si2/c1-17-15-31(23(33)29(9)20(17)32)21-19(38-40(13,14)26(5,6)7)27(22(28-8)30(10)24(34)37-27)18(36-21)16-35-39(11,12)25(2,3)4/h15,18-19,21H,16H2,1-14H3/t18-,19+,21-,27?/m1/s1. The SMILES string of the molecule is CN=C1N(C)C(=O)OC12[C@@H](CO[Si](C)(C)C(C)(C)C)O[C@@H](n1cc(C)c(=O)n(C)c1=O)[C@@H]2O[Si](C)(C)C(C)(C)C. The van der Waals surface area contributed by atoms with Gasteiger partial charge in [-0.15, -0.1) is 0 Å². The normalized spacial score (nSPS) is 27.2. The fourth-order valence-corrected chi connectivity index (χ4v) is 6.88. The van der Waals surface area contributed by atoms with Gasteiger partial charge in [0.2, 0.25) is 5.60 Å². The monoisotopic (exact) mass is 596 g/mol. The molecule has 3 heterocycles. The van der Waals surface area contributed by atoms with Gasteiger partial charge < -0.3 is 18.3 Å². The van der Waals surface area contributed by atoms with E-state index in [4.69, 9.17) is 18.3 Å². The summed E-state index contributed by atoms with van der Waals surface area (Å²) in [6.45, 7) is 23.0. The molecule has 4 atom stereocenters. The maximum absolute atomic E-state index is 13.5. The summed E-state index contributed by atoms with van der Waals surface area (Å²) in [5, 5.41) is -0.289. The first kappa shape index (κ1) is 32.4. The number of aliphatic imine (C=N–C) groups is 1. The summed E-state index contributed by atoms with van der Waals surface area (Å²) in [7, 11) is -0.190. The van der Waals surface area contributed by atoms with E-state index in [0.717, 1.165) is 4.57 Å². The van der Waals surface area contributed by atoms with E-state index in [1.807, 2.05) is 0 Å². The summed E-state index contributed by atoms with van der Waals surface area (Å²) in [6, 6.07) is 0. The quantitative estimate of drug-likeness (QED) is 0.456. The lowest BCUT2D eigenvalue weighted by atomic mass is 9.90. The van der Waals surface area contributed by atoms with Crippen molar-refractivity contribution in [3.8, 4) is 0 Å². The number of carbonyl (C=O) groups excluding carboxylic acids is 1. The predicted octanol–water partition coefficient (Wildman–Crippen LogP) is 4.01. The Labute approximate surface area is 239 Å². The molecule has 3 rings (SSSR count). The van der Waals surface area contributed by atoms with E-state index in [-0.39, 0.29) is 16.7 Å². The molecule has 2 fully saturated rings. The summed E-state index contributed by atoms with van der Waals surface area (Å²) in [5.74, 6) is 0.349. The number of aryl methyl sites for hydroxylation is 1. The first-order chi connectivity index (χ1) is 18.0. The van der Waals surface area contributed by atoms with Crippen LogP contribution in [0.5, 0.6) is 0 Å². The maximum atomic E-state index is 13.5. The third-order valence-corrected chi connectivity index (χ3v) is 18.2. The predicted molar refractivity (Wildman–Crippen MR) is 160 cm³/mol. The highest BCUT2D eigenvalue weighted by Gasteiger charge is 2.70. The van der Waals surface area contributed by atoms with Gasteiger partial charge in [0.1, 0.15) is 12.2 Å². The second-order valence-corrected chi connectivity index (χ2v) is 23.6. The second-order valence-electron chi connectivity index (χ2n) is 14.0. The average molecular weight is 597 g/mol. The van der Waals surface area contributed by atoms with E-state index in [1.54, 1.807) is 21.0 Å². The summed E-state index contributed by atoms with van der Waals surface area (Å²) in [4.78, 5) is 45.1. The van der Waals surface area contributed by atoms with Crippen LogP contribution in [0.15, 0.2) is 20.8 Å². The second kappa shape index (κ2) is 10.3.